The second-order valence-corrected chi connectivity index (χ2v) is 6.72. The first-order valence-corrected chi connectivity index (χ1v) is 8.83. The van der Waals surface area contributed by atoms with Gasteiger partial charge in [0.25, 0.3) is 0 Å². The van der Waals surface area contributed by atoms with E-state index < -0.39 is 6.61 Å². The lowest BCUT2D eigenvalue weighted by atomic mass is 10.0. The van der Waals surface area contributed by atoms with Crippen molar-refractivity contribution in [1.29, 1.82) is 5.26 Å². The Kier molecular flexibility index (Phi) is 5.56. The average molecular weight is 385 g/mol. The Balaban J connectivity index is 1.65. The third-order valence-electron chi connectivity index (χ3n) is 3.95. The van der Waals surface area contributed by atoms with Crippen molar-refractivity contribution < 1.29 is 13.5 Å². The molecule has 2 aromatic rings. The molecule has 0 radical (unpaired) electrons. The molecule has 1 unspecified atom stereocenters. The lowest BCUT2D eigenvalue weighted by molar-refractivity contribution is -0.0498. The van der Waals surface area contributed by atoms with Gasteiger partial charge in [0.2, 0.25) is 0 Å². The van der Waals surface area contributed by atoms with Crippen LogP contribution in [0.2, 0.25) is 5.15 Å². The molecule has 0 spiro atoms. The van der Waals surface area contributed by atoms with Gasteiger partial charge in [0.05, 0.1) is 0 Å². The first-order chi connectivity index (χ1) is 12.1. The summed E-state index contributed by atoms with van der Waals surface area (Å²) in [6, 6.07) is 8.82. The van der Waals surface area contributed by atoms with Gasteiger partial charge < -0.3 is 15.0 Å². The molecule has 1 fully saturated rings. The fraction of sp³-hybridized carbons (Fsp3) is 0.375. The molecule has 0 bridgehead atoms. The Morgan fingerprint density at radius 1 is 1.40 bits per heavy atom. The molecule has 1 atom stereocenters. The van der Waals surface area contributed by atoms with Crippen molar-refractivity contribution in [2.24, 2.45) is 0 Å². The molecule has 1 N–H and O–H groups in total. The number of rotatable bonds is 5. The highest BCUT2D eigenvalue weighted by atomic mass is 35.5. The summed E-state index contributed by atoms with van der Waals surface area (Å²) in [6.07, 6.45) is 1.94. The van der Waals surface area contributed by atoms with E-state index in [-0.39, 0.29) is 16.9 Å². The predicted molar refractivity (Wildman–Crippen MR) is 93.8 cm³/mol. The third kappa shape index (κ3) is 4.30. The van der Waals surface area contributed by atoms with E-state index in [4.69, 9.17) is 16.9 Å². The van der Waals surface area contributed by atoms with Crippen molar-refractivity contribution in [3.63, 3.8) is 0 Å². The quantitative estimate of drug-likeness (QED) is 0.830. The summed E-state index contributed by atoms with van der Waals surface area (Å²) >= 11 is 7.08. The van der Waals surface area contributed by atoms with Crippen LogP contribution in [0, 0.1) is 11.3 Å². The number of ether oxygens (including phenoxy) is 1. The van der Waals surface area contributed by atoms with Crippen LogP contribution in [0.3, 0.4) is 0 Å². The Hall–Kier alpha value is -2.11. The fourth-order valence-electron chi connectivity index (χ4n) is 2.82. The highest BCUT2D eigenvalue weighted by Crippen LogP contribution is 2.30. The summed E-state index contributed by atoms with van der Waals surface area (Å²) in [4.78, 5) is 2.17. The molecule has 1 aromatic carbocycles. The zero-order valence-electron chi connectivity index (χ0n) is 13.1. The molecule has 1 saturated heterocycles. The lowest BCUT2D eigenvalue weighted by Gasteiger charge is -2.35. The van der Waals surface area contributed by atoms with E-state index in [1.165, 1.54) is 23.7 Å². The zero-order chi connectivity index (χ0) is 17.8. The van der Waals surface area contributed by atoms with E-state index in [2.05, 4.69) is 25.4 Å². The summed E-state index contributed by atoms with van der Waals surface area (Å²) < 4.78 is 32.8. The molecule has 0 amide bonds. The summed E-state index contributed by atoms with van der Waals surface area (Å²) in [6.45, 7) is -1.22. The molecular formula is C16H15ClF2N4OS. The number of halogens is 3. The molecule has 1 aromatic heterocycles. The molecule has 0 saturated carbocycles. The van der Waals surface area contributed by atoms with Crippen LogP contribution in [0.4, 0.5) is 19.5 Å². The Labute approximate surface area is 152 Å². The van der Waals surface area contributed by atoms with Gasteiger partial charge >= 0.3 is 6.61 Å². The van der Waals surface area contributed by atoms with Crippen molar-refractivity contribution in [2.45, 2.75) is 25.5 Å². The lowest BCUT2D eigenvalue weighted by Crippen LogP contribution is -2.42. The molecule has 5 nitrogen and oxygen atoms in total. The molecule has 1 aliphatic rings. The van der Waals surface area contributed by atoms with Crippen molar-refractivity contribution in [2.75, 3.05) is 23.3 Å². The first-order valence-electron chi connectivity index (χ1n) is 7.68. The van der Waals surface area contributed by atoms with Gasteiger partial charge in [0.15, 0.2) is 5.15 Å². The maximum Gasteiger partial charge on any atom is 0.387 e. The molecule has 2 heterocycles. The van der Waals surface area contributed by atoms with Crippen LogP contribution >= 0.6 is 23.1 Å². The monoisotopic (exact) mass is 384 g/mol. The molecule has 3 rings (SSSR count). The number of hydrogen-bond acceptors (Lipinski definition) is 6. The number of piperidine rings is 1. The van der Waals surface area contributed by atoms with Gasteiger partial charge in [-0.3, -0.25) is 0 Å². The number of nitrogens with zero attached hydrogens (tertiary/aromatic N) is 3. The van der Waals surface area contributed by atoms with Crippen LogP contribution in [0.15, 0.2) is 24.3 Å². The fourth-order valence-corrected chi connectivity index (χ4v) is 3.83. The summed E-state index contributed by atoms with van der Waals surface area (Å²) in [5.41, 5.74) is 1.31. The summed E-state index contributed by atoms with van der Waals surface area (Å²) in [5, 5.41) is 13.4. The minimum absolute atomic E-state index is 0.142. The topological polar surface area (TPSA) is 61.2 Å². The van der Waals surface area contributed by atoms with E-state index in [0.717, 1.165) is 31.6 Å². The van der Waals surface area contributed by atoms with Gasteiger partial charge in [0.1, 0.15) is 22.4 Å². The van der Waals surface area contributed by atoms with Gasteiger partial charge in [-0.15, -0.1) is 0 Å². The normalized spacial score (nSPS) is 17.4. The number of aromatic nitrogens is 1. The van der Waals surface area contributed by atoms with Gasteiger partial charge in [-0.1, -0.05) is 11.6 Å². The van der Waals surface area contributed by atoms with Crippen molar-refractivity contribution in [3.8, 4) is 11.8 Å². The molecule has 1 aliphatic heterocycles. The van der Waals surface area contributed by atoms with Crippen LogP contribution < -0.4 is 15.0 Å². The van der Waals surface area contributed by atoms with E-state index in [1.54, 1.807) is 12.1 Å². The largest absolute Gasteiger partial charge is 0.435 e. The molecule has 9 heteroatoms. The second kappa shape index (κ2) is 7.85. The van der Waals surface area contributed by atoms with E-state index >= 15 is 0 Å². The molecule has 0 aliphatic carbocycles. The maximum absolute atomic E-state index is 12.2. The van der Waals surface area contributed by atoms with Crippen LogP contribution in [0.25, 0.3) is 0 Å². The van der Waals surface area contributed by atoms with Crippen molar-refractivity contribution in [3.05, 3.63) is 35.0 Å². The number of nitriles is 1. The van der Waals surface area contributed by atoms with Crippen LogP contribution in [0.1, 0.15) is 18.4 Å². The summed E-state index contributed by atoms with van der Waals surface area (Å²) in [7, 11) is 0. The van der Waals surface area contributed by atoms with E-state index in [0.29, 0.717) is 10.6 Å². The Morgan fingerprint density at radius 2 is 2.16 bits per heavy atom. The number of nitrogens with one attached hydrogen (secondary N) is 1. The third-order valence-corrected chi connectivity index (χ3v) is 5.10. The smallest absolute Gasteiger partial charge is 0.387 e. The van der Waals surface area contributed by atoms with Crippen LogP contribution in [-0.2, 0) is 0 Å². The highest BCUT2D eigenvalue weighted by Gasteiger charge is 2.22. The summed E-state index contributed by atoms with van der Waals surface area (Å²) in [5.74, 6) is 0.142. The average Bonchev–Trinajstić information content (AvgIpc) is 2.95. The minimum atomic E-state index is -2.82. The van der Waals surface area contributed by atoms with Gasteiger partial charge in [-0.05, 0) is 48.6 Å². The number of anilines is 2. The van der Waals surface area contributed by atoms with Crippen LogP contribution in [-0.4, -0.2) is 30.1 Å². The number of alkyl halides is 2. The zero-order valence-corrected chi connectivity index (χ0v) is 14.7. The standard InChI is InChI=1S/C16H15ClF2N4OS/c17-14-13(8-20)15(25-22-14)21-10-2-1-7-23(9-10)11-3-5-12(6-4-11)24-16(18)19/h3-6,10,16,21H,1-2,7,9H2. The van der Waals surface area contributed by atoms with Crippen molar-refractivity contribution in [1.82, 2.24) is 4.37 Å². The second-order valence-electron chi connectivity index (χ2n) is 5.59. The predicted octanol–water partition coefficient (Wildman–Crippen LogP) is 4.35. The highest BCUT2D eigenvalue weighted by molar-refractivity contribution is 7.10. The minimum Gasteiger partial charge on any atom is -0.435 e. The van der Waals surface area contributed by atoms with Gasteiger partial charge in [-0.2, -0.15) is 18.4 Å². The van der Waals surface area contributed by atoms with Crippen molar-refractivity contribution >= 4 is 33.8 Å². The number of benzene rings is 1. The number of hydrogen-bond donors (Lipinski definition) is 1. The van der Waals surface area contributed by atoms with E-state index in [9.17, 15) is 8.78 Å². The molecular weight excluding hydrogens is 370 g/mol. The molecule has 132 valence electrons. The first kappa shape index (κ1) is 17.7. The van der Waals surface area contributed by atoms with Crippen LogP contribution in [0.5, 0.6) is 5.75 Å². The Morgan fingerprint density at radius 3 is 2.84 bits per heavy atom. The van der Waals surface area contributed by atoms with Gasteiger partial charge in [-0.25, -0.2) is 0 Å². The SMILES string of the molecule is N#Cc1c(Cl)nsc1NC1CCCN(c2ccc(OC(F)F)cc2)C1. The van der Waals surface area contributed by atoms with E-state index in [1.807, 2.05) is 0 Å². The Bertz CT molecular complexity index is 762. The molecule has 25 heavy (non-hydrogen) atoms. The van der Waals surface area contributed by atoms with Gasteiger partial charge in [0, 0.05) is 24.8 Å². The maximum atomic E-state index is 12.2.